The molecule has 1 fully saturated rings. The first-order chi connectivity index (χ1) is 13.2. The number of fused-ring (bicyclic) bond motifs is 1. The van der Waals surface area contributed by atoms with Gasteiger partial charge in [-0.2, -0.15) is 5.10 Å². The van der Waals surface area contributed by atoms with Crippen LogP contribution in [0.25, 0.3) is 0 Å². The minimum atomic E-state index is 0.125. The number of rotatable bonds is 6. The van der Waals surface area contributed by atoms with Gasteiger partial charge in [-0.05, 0) is 24.6 Å². The Balaban J connectivity index is 1.36. The number of hydrogen-bond donors (Lipinski definition) is 0. The van der Waals surface area contributed by atoms with Crippen LogP contribution in [0.15, 0.2) is 36.4 Å². The number of likely N-dealkylation sites (tertiary alicyclic amines) is 1. The minimum Gasteiger partial charge on any atom is -0.383 e. The van der Waals surface area contributed by atoms with Crippen LogP contribution in [-0.2, 0) is 29.0 Å². The summed E-state index contributed by atoms with van der Waals surface area (Å²) in [5.74, 6) is 0.423. The van der Waals surface area contributed by atoms with E-state index in [1.807, 2.05) is 11.0 Å². The number of ether oxygens (including phenoxy) is 1. The van der Waals surface area contributed by atoms with Crippen LogP contribution in [0.1, 0.15) is 23.4 Å². The summed E-state index contributed by atoms with van der Waals surface area (Å²) in [6, 6.07) is 12.6. The van der Waals surface area contributed by atoms with Gasteiger partial charge in [0.25, 0.3) is 0 Å². The zero-order valence-corrected chi connectivity index (χ0v) is 16.0. The van der Waals surface area contributed by atoms with E-state index in [1.165, 1.54) is 5.56 Å². The molecule has 1 amide bonds. The fourth-order valence-corrected chi connectivity index (χ4v) is 4.12. The van der Waals surface area contributed by atoms with E-state index < -0.39 is 0 Å². The molecule has 2 aromatic rings. The largest absolute Gasteiger partial charge is 0.383 e. The molecule has 1 aromatic carbocycles. The summed E-state index contributed by atoms with van der Waals surface area (Å²) in [7, 11) is 1.72. The summed E-state index contributed by atoms with van der Waals surface area (Å²) in [6.45, 7) is 5.71. The third-order valence-electron chi connectivity index (χ3n) is 5.62. The molecule has 1 saturated heterocycles. The standard InChI is InChI=1S/C21H28N4O2/c1-27-12-11-23-8-7-18(15-23)21(26)24-9-10-25-20(16-24)14-19(22-25)13-17-5-3-2-4-6-17/h2-6,14,18H,7-13,15-16H2,1H3/t18-/m0/s1. The number of hydrogen-bond acceptors (Lipinski definition) is 4. The summed E-state index contributed by atoms with van der Waals surface area (Å²) < 4.78 is 7.22. The second-order valence-electron chi connectivity index (χ2n) is 7.55. The second kappa shape index (κ2) is 8.23. The first-order valence-electron chi connectivity index (χ1n) is 9.82. The zero-order valence-electron chi connectivity index (χ0n) is 16.0. The summed E-state index contributed by atoms with van der Waals surface area (Å²) in [6.07, 6.45) is 1.80. The predicted molar refractivity (Wildman–Crippen MR) is 103 cm³/mol. The van der Waals surface area contributed by atoms with Gasteiger partial charge >= 0.3 is 0 Å². The molecule has 144 valence electrons. The van der Waals surface area contributed by atoms with Crippen LogP contribution in [0, 0.1) is 5.92 Å². The Bertz CT molecular complexity index is 774. The molecule has 0 spiro atoms. The molecule has 0 bridgehead atoms. The lowest BCUT2D eigenvalue weighted by atomic mass is 10.1. The van der Waals surface area contributed by atoms with E-state index in [2.05, 4.69) is 39.9 Å². The number of benzene rings is 1. The summed E-state index contributed by atoms with van der Waals surface area (Å²) in [5.41, 5.74) is 3.50. The van der Waals surface area contributed by atoms with Crippen molar-refractivity contribution in [1.82, 2.24) is 19.6 Å². The maximum atomic E-state index is 13.0. The molecule has 2 aliphatic rings. The van der Waals surface area contributed by atoms with Crippen LogP contribution in [0.3, 0.4) is 0 Å². The first kappa shape index (κ1) is 18.2. The van der Waals surface area contributed by atoms with Crippen molar-refractivity contribution in [1.29, 1.82) is 0 Å². The van der Waals surface area contributed by atoms with Crippen molar-refractivity contribution in [3.63, 3.8) is 0 Å². The molecule has 1 atom stereocenters. The highest BCUT2D eigenvalue weighted by molar-refractivity contribution is 5.79. The molecule has 0 aliphatic carbocycles. The van der Waals surface area contributed by atoms with Crippen molar-refractivity contribution in [3.05, 3.63) is 53.3 Å². The number of nitrogens with zero attached hydrogens (tertiary/aromatic N) is 4. The van der Waals surface area contributed by atoms with E-state index in [9.17, 15) is 4.79 Å². The molecule has 6 nitrogen and oxygen atoms in total. The van der Waals surface area contributed by atoms with Crippen molar-refractivity contribution in [2.75, 3.05) is 39.9 Å². The Morgan fingerprint density at radius 3 is 2.89 bits per heavy atom. The van der Waals surface area contributed by atoms with Gasteiger partial charge in [-0.15, -0.1) is 0 Å². The molecule has 3 heterocycles. The quantitative estimate of drug-likeness (QED) is 0.780. The Morgan fingerprint density at radius 2 is 2.07 bits per heavy atom. The van der Waals surface area contributed by atoms with Crippen LogP contribution < -0.4 is 0 Å². The van der Waals surface area contributed by atoms with Gasteiger partial charge in [0, 0.05) is 33.2 Å². The molecule has 0 radical (unpaired) electrons. The van der Waals surface area contributed by atoms with Crippen molar-refractivity contribution in [3.8, 4) is 0 Å². The van der Waals surface area contributed by atoms with Gasteiger partial charge in [-0.1, -0.05) is 30.3 Å². The smallest absolute Gasteiger partial charge is 0.227 e. The third kappa shape index (κ3) is 4.22. The fraction of sp³-hybridized carbons (Fsp3) is 0.524. The van der Waals surface area contributed by atoms with E-state index >= 15 is 0 Å². The second-order valence-corrected chi connectivity index (χ2v) is 7.55. The van der Waals surface area contributed by atoms with Crippen LogP contribution in [0.2, 0.25) is 0 Å². The van der Waals surface area contributed by atoms with Crippen molar-refractivity contribution in [2.45, 2.75) is 25.9 Å². The van der Waals surface area contributed by atoms with E-state index in [0.29, 0.717) is 12.5 Å². The van der Waals surface area contributed by atoms with E-state index in [1.54, 1.807) is 7.11 Å². The lowest BCUT2D eigenvalue weighted by Crippen LogP contribution is -2.42. The van der Waals surface area contributed by atoms with Gasteiger partial charge in [0.2, 0.25) is 5.91 Å². The monoisotopic (exact) mass is 368 g/mol. The highest BCUT2D eigenvalue weighted by Crippen LogP contribution is 2.22. The Labute approximate surface area is 160 Å². The molecule has 2 aliphatic heterocycles. The highest BCUT2D eigenvalue weighted by Gasteiger charge is 2.32. The highest BCUT2D eigenvalue weighted by atomic mass is 16.5. The maximum absolute atomic E-state index is 13.0. The average Bonchev–Trinajstić information content (AvgIpc) is 3.32. The van der Waals surface area contributed by atoms with Gasteiger partial charge in [-0.3, -0.25) is 9.48 Å². The minimum absolute atomic E-state index is 0.125. The van der Waals surface area contributed by atoms with Gasteiger partial charge in [-0.25, -0.2) is 0 Å². The number of carbonyl (C=O) groups is 1. The molecule has 0 N–H and O–H groups in total. The topological polar surface area (TPSA) is 50.6 Å². The van der Waals surface area contributed by atoms with Crippen molar-refractivity contribution >= 4 is 5.91 Å². The van der Waals surface area contributed by atoms with Crippen LogP contribution in [-0.4, -0.2) is 65.4 Å². The maximum Gasteiger partial charge on any atom is 0.227 e. The molecule has 0 unspecified atom stereocenters. The number of amides is 1. The Hall–Kier alpha value is -2.18. The van der Waals surface area contributed by atoms with E-state index in [4.69, 9.17) is 9.84 Å². The molecule has 4 rings (SSSR count). The third-order valence-corrected chi connectivity index (χ3v) is 5.62. The molecule has 0 saturated carbocycles. The number of aromatic nitrogens is 2. The first-order valence-corrected chi connectivity index (χ1v) is 9.82. The molecule has 6 heteroatoms. The molecule has 1 aromatic heterocycles. The van der Waals surface area contributed by atoms with Crippen LogP contribution in [0.4, 0.5) is 0 Å². The lowest BCUT2D eigenvalue weighted by Gasteiger charge is -2.30. The molecule has 27 heavy (non-hydrogen) atoms. The van der Waals surface area contributed by atoms with Gasteiger partial charge in [0.15, 0.2) is 0 Å². The van der Waals surface area contributed by atoms with Gasteiger partial charge < -0.3 is 14.5 Å². The lowest BCUT2D eigenvalue weighted by molar-refractivity contribution is -0.136. The number of carbonyl (C=O) groups excluding carboxylic acids is 1. The van der Waals surface area contributed by atoms with E-state index in [0.717, 1.165) is 63.6 Å². The summed E-state index contributed by atoms with van der Waals surface area (Å²) >= 11 is 0. The molecular formula is C21H28N4O2. The van der Waals surface area contributed by atoms with E-state index in [-0.39, 0.29) is 5.92 Å². The summed E-state index contributed by atoms with van der Waals surface area (Å²) in [5, 5.41) is 4.74. The number of methoxy groups -OCH3 is 1. The normalized spacial score (nSPS) is 20.0. The molecular weight excluding hydrogens is 340 g/mol. The zero-order chi connectivity index (χ0) is 18.6. The SMILES string of the molecule is COCCN1CC[C@H](C(=O)N2CCn3nc(Cc4ccccc4)cc3C2)C1. The Kier molecular flexibility index (Phi) is 5.55. The Morgan fingerprint density at radius 1 is 1.22 bits per heavy atom. The average molecular weight is 368 g/mol. The van der Waals surface area contributed by atoms with Crippen LogP contribution >= 0.6 is 0 Å². The predicted octanol–water partition coefficient (Wildman–Crippen LogP) is 1.78. The van der Waals surface area contributed by atoms with Gasteiger partial charge in [0.05, 0.1) is 37.0 Å². The summed E-state index contributed by atoms with van der Waals surface area (Å²) in [4.78, 5) is 17.3. The van der Waals surface area contributed by atoms with Crippen LogP contribution in [0.5, 0.6) is 0 Å². The van der Waals surface area contributed by atoms with Gasteiger partial charge in [0.1, 0.15) is 0 Å². The van der Waals surface area contributed by atoms with Crippen molar-refractivity contribution in [2.24, 2.45) is 5.92 Å². The van der Waals surface area contributed by atoms with Crippen molar-refractivity contribution < 1.29 is 9.53 Å². The fourth-order valence-electron chi connectivity index (χ4n) is 4.12.